The van der Waals surface area contributed by atoms with E-state index in [9.17, 15) is 0 Å². The Kier molecular flexibility index (Phi) is 5.19. The average molecular weight is 313 g/mol. The normalized spacial score (nSPS) is 32.3. The molecule has 0 spiro atoms. The minimum atomic E-state index is 0.00849. The van der Waals surface area contributed by atoms with E-state index in [0.717, 1.165) is 6.61 Å². The Balaban J connectivity index is 0.000000304. The first-order valence-corrected chi connectivity index (χ1v) is 10.4. The van der Waals surface area contributed by atoms with Crippen molar-refractivity contribution in [1.82, 2.24) is 0 Å². The molecule has 2 fully saturated rings. The van der Waals surface area contributed by atoms with Crippen LogP contribution in [0.5, 0.6) is 0 Å². The maximum Gasteiger partial charge on any atom is 0.161 e. The van der Waals surface area contributed by atoms with E-state index in [1.165, 1.54) is 18.9 Å². The third-order valence-corrected chi connectivity index (χ3v) is 10.3. The fourth-order valence-electron chi connectivity index (χ4n) is 4.59. The maximum absolute atomic E-state index is 5.21. The lowest BCUT2D eigenvalue weighted by Crippen LogP contribution is -2.40. The van der Waals surface area contributed by atoms with Crippen molar-refractivity contribution in [1.29, 1.82) is 0 Å². The van der Waals surface area contributed by atoms with Gasteiger partial charge in [0, 0.05) is 6.61 Å². The van der Waals surface area contributed by atoms with Crippen LogP contribution in [-0.4, -0.2) is 16.4 Å². The highest BCUT2D eigenvalue weighted by molar-refractivity contribution is 6.27. The van der Waals surface area contributed by atoms with Crippen LogP contribution in [0.3, 0.4) is 0 Å². The Bertz CT molecular complexity index is 259. The van der Waals surface area contributed by atoms with Gasteiger partial charge in [0.2, 0.25) is 0 Å². The van der Waals surface area contributed by atoms with Gasteiger partial charge in [0.25, 0.3) is 0 Å². The lowest BCUT2D eigenvalue weighted by molar-refractivity contribution is 0.0135. The Morgan fingerprint density at radius 1 is 0.571 bits per heavy atom. The molecular formula is C19H40OSi. The summed E-state index contributed by atoms with van der Waals surface area (Å²) in [4.78, 5) is 0. The fraction of sp³-hybridized carbons (Fsp3) is 1.00. The molecule has 126 valence electrons. The lowest BCUT2D eigenvalue weighted by Gasteiger charge is -2.47. The van der Waals surface area contributed by atoms with Crippen molar-refractivity contribution in [2.45, 2.75) is 88.1 Å². The maximum atomic E-state index is 5.21. The van der Waals surface area contributed by atoms with Crippen LogP contribution in [0.15, 0.2) is 0 Å². The molecule has 1 heterocycles. The largest absolute Gasteiger partial charge is 0.424 e. The zero-order chi connectivity index (χ0) is 16.7. The van der Waals surface area contributed by atoms with Gasteiger partial charge in [-0.3, -0.25) is 0 Å². The predicted octanol–water partition coefficient (Wildman–Crippen LogP) is 5.43. The van der Waals surface area contributed by atoms with E-state index in [1.807, 2.05) is 0 Å². The second-order valence-electron chi connectivity index (χ2n) is 9.80. The molecular weight excluding hydrogens is 272 g/mol. The van der Waals surface area contributed by atoms with Gasteiger partial charge in [0.05, 0.1) is 0 Å². The number of rotatable bonds is 0. The van der Waals surface area contributed by atoms with Crippen molar-refractivity contribution in [3.63, 3.8) is 0 Å². The van der Waals surface area contributed by atoms with Crippen molar-refractivity contribution in [3.05, 3.63) is 0 Å². The molecule has 0 unspecified atom stereocenters. The van der Waals surface area contributed by atoms with Gasteiger partial charge in [0.1, 0.15) is 0 Å². The molecule has 1 saturated carbocycles. The van der Waals surface area contributed by atoms with Gasteiger partial charge in [-0.05, 0) is 39.5 Å². The van der Waals surface area contributed by atoms with Crippen LogP contribution in [0.2, 0.25) is 6.04 Å². The average Bonchev–Trinajstić information content (AvgIpc) is 2.43. The molecule has 1 saturated heterocycles. The summed E-state index contributed by atoms with van der Waals surface area (Å²) in [6, 6.07) is 1.42. The molecule has 0 atom stereocenters. The van der Waals surface area contributed by atoms with Crippen LogP contribution in [0, 0.1) is 27.1 Å². The molecule has 0 radical (unpaired) electrons. The van der Waals surface area contributed by atoms with Crippen molar-refractivity contribution in [2.24, 2.45) is 27.1 Å². The highest BCUT2D eigenvalue weighted by Gasteiger charge is 2.71. The van der Waals surface area contributed by atoms with Crippen LogP contribution < -0.4 is 0 Å². The monoisotopic (exact) mass is 312 g/mol. The van der Waals surface area contributed by atoms with Crippen LogP contribution in [0.1, 0.15) is 82.1 Å². The van der Waals surface area contributed by atoms with E-state index >= 15 is 0 Å². The van der Waals surface area contributed by atoms with Gasteiger partial charge in [-0.1, -0.05) is 75.7 Å². The number of hydrogen-bond donors (Lipinski definition) is 0. The summed E-state index contributed by atoms with van der Waals surface area (Å²) in [7, 11) is 0.00849. The molecule has 0 aromatic rings. The van der Waals surface area contributed by atoms with Crippen LogP contribution in [0.4, 0.5) is 0 Å². The third-order valence-electron chi connectivity index (χ3n) is 8.89. The quantitative estimate of drug-likeness (QED) is 0.542. The molecule has 21 heavy (non-hydrogen) atoms. The zero-order valence-electron chi connectivity index (χ0n) is 16.4. The van der Waals surface area contributed by atoms with E-state index in [1.54, 1.807) is 0 Å². The second kappa shape index (κ2) is 5.67. The SMILES string of the molecule is C1CC[SiH2]OC1.CC1(C)C(C)(C)C(C)(C)C(C)(C)C1(C)C. The smallest absolute Gasteiger partial charge is 0.161 e. The summed E-state index contributed by atoms with van der Waals surface area (Å²) in [6.07, 6.45) is 2.75. The summed E-state index contributed by atoms with van der Waals surface area (Å²) in [5.41, 5.74) is 1.77. The molecule has 2 rings (SSSR count). The second-order valence-corrected chi connectivity index (χ2v) is 11.3. The first-order chi connectivity index (χ1) is 9.25. The standard InChI is InChI=1S/C15H30.C4H10OSi/c1-11(2)12(3,4)14(7,8)15(9,10)13(11,5)6;1-2-4-6-5-3-1/h1-10H3;1-4,6H2. The van der Waals surface area contributed by atoms with E-state index in [4.69, 9.17) is 4.43 Å². The lowest BCUT2D eigenvalue weighted by atomic mass is 9.57. The van der Waals surface area contributed by atoms with E-state index < -0.39 is 0 Å². The molecule has 0 bridgehead atoms. The summed E-state index contributed by atoms with van der Waals surface area (Å²) in [6.45, 7) is 25.5. The molecule has 0 aromatic carbocycles. The molecule has 2 aliphatic rings. The summed E-state index contributed by atoms with van der Waals surface area (Å²) >= 11 is 0. The molecule has 1 aliphatic heterocycles. The summed E-state index contributed by atoms with van der Waals surface area (Å²) in [5.74, 6) is 0. The minimum Gasteiger partial charge on any atom is -0.424 e. The first-order valence-electron chi connectivity index (χ1n) is 8.83. The summed E-state index contributed by atoms with van der Waals surface area (Å²) in [5, 5.41) is 0. The van der Waals surface area contributed by atoms with Crippen molar-refractivity contribution < 1.29 is 4.43 Å². The van der Waals surface area contributed by atoms with Gasteiger partial charge in [-0.25, -0.2) is 0 Å². The van der Waals surface area contributed by atoms with Crippen molar-refractivity contribution in [2.75, 3.05) is 6.61 Å². The first kappa shape index (κ1) is 19.2. The zero-order valence-corrected chi connectivity index (χ0v) is 17.9. The summed E-state index contributed by atoms with van der Waals surface area (Å²) < 4.78 is 5.21. The van der Waals surface area contributed by atoms with E-state index in [-0.39, 0.29) is 9.76 Å². The molecule has 1 nitrogen and oxygen atoms in total. The van der Waals surface area contributed by atoms with Crippen molar-refractivity contribution >= 4 is 9.76 Å². The highest BCUT2D eigenvalue weighted by atomic mass is 28.2. The van der Waals surface area contributed by atoms with Gasteiger partial charge in [-0.2, -0.15) is 0 Å². The van der Waals surface area contributed by atoms with Crippen molar-refractivity contribution in [3.8, 4) is 0 Å². The van der Waals surface area contributed by atoms with Crippen LogP contribution in [-0.2, 0) is 4.43 Å². The third kappa shape index (κ3) is 2.55. The predicted molar refractivity (Wildman–Crippen MR) is 97.4 cm³/mol. The Labute approximate surface area is 136 Å². The topological polar surface area (TPSA) is 9.23 Å². The minimum absolute atomic E-state index is 0.00849. The van der Waals surface area contributed by atoms with Crippen LogP contribution in [0.25, 0.3) is 0 Å². The van der Waals surface area contributed by atoms with Gasteiger partial charge < -0.3 is 4.43 Å². The molecule has 0 aromatic heterocycles. The van der Waals surface area contributed by atoms with Gasteiger partial charge in [0.15, 0.2) is 9.76 Å². The van der Waals surface area contributed by atoms with Gasteiger partial charge >= 0.3 is 0 Å². The Hall–Kier alpha value is 0.177. The molecule has 0 amide bonds. The highest BCUT2D eigenvalue weighted by Crippen LogP contribution is 2.77. The van der Waals surface area contributed by atoms with E-state index in [0.29, 0.717) is 27.1 Å². The molecule has 2 heteroatoms. The molecule has 0 N–H and O–H groups in total. The van der Waals surface area contributed by atoms with Crippen LogP contribution >= 0.6 is 0 Å². The van der Waals surface area contributed by atoms with E-state index in [2.05, 4.69) is 69.2 Å². The fourth-order valence-corrected chi connectivity index (χ4v) is 5.76. The van der Waals surface area contributed by atoms with Gasteiger partial charge in [-0.15, -0.1) is 0 Å². The molecule has 1 aliphatic carbocycles. The number of hydrogen-bond acceptors (Lipinski definition) is 1. The Morgan fingerprint density at radius 2 is 0.905 bits per heavy atom. The Morgan fingerprint density at radius 3 is 1.00 bits per heavy atom.